The summed E-state index contributed by atoms with van der Waals surface area (Å²) in [6.45, 7) is 1.02. The van der Waals surface area contributed by atoms with Gasteiger partial charge in [-0.25, -0.2) is 9.07 Å². The molecule has 2 heterocycles. The lowest BCUT2D eigenvalue weighted by atomic mass is 10.2. The van der Waals surface area contributed by atoms with E-state index in [1.165, 1.54) is 12.1 Å². The highest BCUT2D eigenvalue weighted by Gasteiger charge is 2.27. The molecule has 1 fully saturated rings. The molecule has 8 heteroatoms. The monoisotopic (exact) mass is 331 g/mol. The molecule has 0 saturated carbocycles. The molecule has 1 aromatic heterocycles. The van der Waals surface area contributed by atoms with Gasteiger partial charge in [0, 0.05) is 31.9 Å². The summed E-state index contributed by atoms with van der Waals surface area (Å²) in [5.41, 5.74) is 1.57. The minimum atomic E-state index is -0.552. The van der Waals surface area contributed by atoms with Crippen LogP contribution >= 0.6 is 0 Å². The van der Waals surface area contributed by atoms with Crippen LogP contribution in [0.2, 0.25) is 0 Å². The first-order valence-corrected chi connectivity index (χ1v) is 7.57. The van der Waals surface area contributed by atoms with Crippen LogP contribution in [0.1, 0.15) is 5.56 Å². The van der Waals surface area contributed by atoms with Crippen LogP contribution in [0.5, 0.6) is 0 Å². The normalized spacial score (nSPS) is 17.4. The lowest BCUT2D eigenvalue weighted by molar-refractivity contribution is -0.136. The molecule has 1 atom stereocenters. The summed E-state index contributed by atoms with van der Waals surface area (Å²) < 4.78 is 14.6. The minimum absolute atomic E-state index is 0.162. The molecule has 1 aliphatic rings. The van der Waals surface area contributed by atoms with Gasteiger partial charge >= 0.3 is 0 Å². The molecule has 1 unspecified atom stereocenters. The molecular formula is C16H18FN5O2. The topological polar surface area (TPSA) is 79.3 Å². The molecule has 0 aliphatic carbocycles. The van der Waals surface area contributed by atoms with Crippen molar-refractivity contribution in [3.63, 3.8) is 0 Å². The number of hydrogen-bond acceptors (Lipinski definition) is 4. The first-order valence-electron chi connectivity index (χ1n) is 7.57. The number of hydrogen-bond donors (Lipinski definition) is 2. The van der Waals surface area contributed by atoms with Crippen molar-refractivity contribution in [3.8, 4) is 5.69 Å². The summed E-state index contributed by atoms with van der Waals surface area (Å²) in [5.74, 6) is -0.651. The fourth-order valence-electron chi connectivity index (χ4n) is 2.57. The van der Waals surface area contributed by atoms with Crippen molar-refractivity contribution in [2.24, 2.45) is 0 Å². The maximum Gasteiger partial charge on any atom is 0.246 e. The number of nitrogens with zero attached hydrogens (tertiary/aromatic N) is 3. The predicted molar refractivity (Wildman–Crippen MR) is 84.8 cm³/mol. The first-order chi connectivity index (χ1) is 11.5. The summed E-state index contributed by atoms with van der Waals surface area (Å²) in [6, 6.07) is 5.44. The highest BCUT2D eigenvalue weighted by Crippen LogP contribution is 2.11. The fourth-order valence-corrected chi connectivity index (χ4v) is 2.57. The molecule has 1 saturated heterocycles. The van der Waals surface area contributed by atoms with E-state index in [1.54, 1.807) is 41.2 Å². The van der Waals surface area contributed by atoms with E-state index in [2.05, 4.69) is 15.7 Å². The number of likely N-dealkylation sites (N-methyl/N-ethyl adjacent to an activating group) is 1. The Balaban J connectivity index is 1.64. The van der Waals surface area contributed by atoms with Crippen molar-refractivity contribution < 1.29 is 14.0 Å². The SMILES string of the molecule is CN(Cc1cnn(-c2ccc(F)cc2)c1)C(=O)C1CNCC(=O)N1. The second kappa shape index (κ2) is 6.79. The molecule has 126 valence electrons. The lowest BCUT2D eigenvalue weighted by Gasteiger charge is -2.27. The van der Waals surface area contributed by atoms with E-state index in [4.69, 9.17) is 0 Å². The number of halogens is 1. The molecule has 0 bridgehead atoms. The number of amides is 2. The summed E-state index contributed by atoms with van der Waals surface area (Å²) in [5, 5.41) is 9.81. The Labute approximate surface area is 138 Å². The van der Waals surface area contributed by atoms with Gasteiger partial charge in [-0.3, -0.25) is 9.59 Å². The van der Waals surface area contributed by atoms with Crippen LogP contribution in [0.3, 0.4) is 0 Å². The Morgan fingerprint density at radius 2 is 2.17 bits per heavy atom. The van der Waals surface area contributed by atoms with E-state index < -0.39 is 6.04 Å². The molecule has 2 N–H and O–H groups in total. The van der Waals surface area contributed by atoms with Crippen molar-refractivity contribution in [1.29, 1.82) is 0 Å². The highest BCUT2D eigenvalue weighted by atomic mass is 19.1. The third-order valence-corrected chi connectivity index (χ3v) is 3.79. The summed E-state index contributed by atoms with van der Waals surface area (Å²) in [7, 11) is 1.68. The van der Waals surface area contributed by atoms with Crippen LogP contribution in [0.25, 0.3) is 5.69 Å². The summed E-state index contributed by atoms with van der Waals surface area (Å²) >= 11 is 0. The molecule has 0 spiro atoms. The second-order valence-corrected chi connectivity index (χ2v) is 5.71. The van der Waals surface area contributed by atoms with E-state index in [0.717, 1.165) is 11.3 Å². The van der Waals surface area contributed by atoms with E-state index in [0.29, 0.717) is 13.1 Å². The van der Waals surface area contributed by atoms with Crippen LogP contribution in [0.15, 0.2) is 36.7 Å². The molecule has 7 nitrogen and oxygen atoms in total. The van der Waals surface area contributed by atoms with Crippen molar-refractivity contribution in [1.82, 2.24) is 25.3 Å². The van der Waals surface area contributed by atoms with Crippen LogP contribution in [0.4, 0.5) is 4.39 Å². The van der Waals surface area contributed by atoms with Crippen molar-refractivity contribution in [2.45, 2.75) is 12.6 Å². The van der Waals surface area contributed by atoms with Gasteiger partial charge in [-0.1, -0.05) is 0 Å². The standard InChI is InChI=1S/C16H18FN5O2/c1-21(16(24)14-7-18-8-15(23)20-14)9-11-6-19-22(10-11)13-4-2-12(17)3-5-13/h2-6,10,14,18H,7-9H2,1H3,(H,20,23). The van der Waals surface area contributed by atoms with Gasteiger partial charge in [-0.15, -0.1) is 0 Å². The molecule has 1 aromatic carbocycles. The Kier molecular flexibility index (Phi) is 4.57. The maximum absolute atomic E-state index is 13.0. The minimum Gasteiger partial charge on any atom is -0.342 e. The average molecular weight is 331 g/mol. The number of piperazine rings is 1. The van der Waals surface area contributed by atoms with Crippen LogP contribution < -0.4 is 10.6 Å². The number of rotatable bonds is 4. The van der Waals surface area contributed by atoms with Crippen LogP contribution in [-0.2, 0) is 16.1 Å². The largest absolute Gasteiger partial charge is 0.342 e. The zero-order chi connectivity index (χ0) is 17.1. The van der Waals surface area contributed by atoms with Gasteiger partial charge < -0.3 is 15.5 Å². The van der Waals surface area contributed by atoms with E-state index in [9.17, 15) is 14.0 Å². The molecule has 2 amide bonds. The number of aromatic nitrogens is 2. The third kappa shape index (κ3) is 3.60. The number of nitrogens with one attached hydrogen (secondary N) is 2. The van der Waals surface area contributed by atoms with Crippen molar-refractivity contribution in [3.05, 3.63) is 48.0 Å². The Morgan fingerprint density at radius 3 is 2.88 bits per heavy atom. The maximum atomic E-state index is 13.0. The van der Waals surface area contributed by atoms with Gasteiger partial charge in [0.05, 0.1) is 18.4 Å². The van der Waals surface area contributed by atoms with E-state index >= 15 is 0 Å². The number of benzene rings is 1. The number of carbonyl (C=O) groups is 2. The summed E-state index contributed by atoms with van der Waals surface area (Å²) in [4.78, 5) is 25.3. The predicted octanol–water partition coefficient (Wildman–Crippen LogP) is 0.0578. The molecule has 24 heavy (non-hydrogen) atoms. The Hall–Kier alpha value is -2.74. The molecular weight excluding hydrogens is 313 g/mol. The molecule has 3 rings (SSSR count). The zero-order valence-corrected chi connectivity index (χ0v) is 13.2. The lowest BCUT2D eigenvalue weighted by Crippen LogP contribution is -2.58. The molecule has 2 aromatic rings. The van der Waals surface area contributed by atoms with Gasteiger partial charge in [0.2, 0.25) is 11.8 Å². The highest BCUT2D eigenvalue weighted by molar-refractivity contribution is 5.89. The van der Waals surface area contributed by atoms with Gasteiger partial charge in [0.1, 0.15) is 11.9 Å². The average Bonchev–Trinajstić information content (AvgIpc) is 3.03. The third-order valence-electron chi connectivity index (χ3n) is 3.79. The van der Waals surface area contributed by atoms with Crippen LogP contribution in [0, 0.1) is 5.82 Å². The van der Waals surface area contributed by atoms with E-state index in [-0.39, 0.29) is 24.2 Å². The van der Waals surface area contributed by atoms with E-state index in [1.807, 2.05) is 0 Å². The smallest absolute Gasteiger partial charge is 0.246 e. The second-order valence-electron chi connectivity index (χ2n) is 5.71. The Morgan fingerprint density at radius 1 is 1.42 bits per heavy atom. The first kappa shape index (κ1) is 16.1. The quantitative estimate of drug-likeness (QED) is 0.830. The van der Waals surface area contributed by atoms with Crippen molar-refractivity contribution in [2.75, 3.05) is 20.1 Å². The van der Waals surface area contributed by atoms with Crippen molar-refractivity contribution >= 4 is 11.8 Å². The molecule has 0 radical (unpaired) electrons. The fraction of sp³-hybridized carbons (Fsp3) is 0.312. The van der Waals surface area contributed by atoms with Gasteiger partial charge in [-0.2, -0.15) is 5.10 Å². The Bertz CT molecular complexity index is 743. The summed E-state index contributed by atoms with van der Waals surface area (Å²) in [6.07, 6.45) is 3.44. The van der Waals surface area contributed by atoms with Gasteiger partial charge in [0.25, 0.3) is 0 Å². The number of carbonyl (C=O) groups excluding carboxylic acids is 2. The van der Waals surface area contributed by atoms with Crippen LogP contribution in [-0.4, -0.2) is 52.7 Å². The van der Waals surface area contributed by atoms with Gasteiger partial charge in [0.15, 0.2) is 0 Å². The molecule has 1 aliphatic heterocycles. The zero-order valence-electron chi connectivity index (χ0n) is 13.2. The van der Waals surface area contributed by atoms with Gasteiger partial charge in [-0.05, 0) is 24.3 Å².